The van der Waals surface area contributed by atoms with E-state index in [4.69, 9.17) is 5.73 Å². The fourth-order valence-corrected chi connectivity index (χ4v) is 1.64. The number of nitrogens with two attached hydrogens (primary N) is 1. The SMILES string of the molecule is NCC[C@@H](O)c1cccc(O)c1Br. The lowest BCUT2D eigenvalue weighted by molar-refractivity contribution is 0.169. The zero-order chi connectivity index (χ0) is 9.84. The van der Waals surface area contributed by atoms with E-state index in [1.807, 2.05) is 0 Å². The molecule has 0 aromatic heterocycles. The molecule has 1 aromatic rings. The molecule has 1 aromatic carbocycles. The van der Waals surface area contributed by atoms with E-state index >= 15 is 0 Å². The quantitative estimate of drug-likeness (QED) is 0.757. The van der Waals surface area contributed by atoms with Gasteiger partial charge in [0, 0.05) is 0 Å². The van der Waals surface area contributed by atoms with Crippen molar-refractivity contribution in [2.45, 2.75) is 12.5 Å². The maximum absolute atomic E-state index is 9.60. The number of phenols is 1. The van der Waals surface area contributed by atoms with Crippen LogP contribution in [0.5, 0.6) is 5.75 Å². The number of hydrogen-bond donors (Lipinski definition) is 3. The maximum Gasteiger partial charge on any atom is 0.130 e. The van der Waals surface area contributed by atoms with Crippen molar-refractivity contribution in [3.63, 3.8) is 0 Å². The molecule has 0 heterocycles. The van der Waals surface area contributed by atoms with E-state index in [0.717, 1.165) is 0 Å². The van der Waals surface area contributed by atoms with E-state index in [1.165, 1.54) is 0 Å². The number of phenolic OH excluding ortho intramolecular Hbond substituents is 1. The Bertz CT molecular complexity index is 291. The van der Waals surface area contributed by atoms with E-state index in [-0.39, 0.29) is 5.75 Å². The monoisotopic (exact) mass is 245 g/mol. The Morgan fingerprint density at radius 2 is 2.15 bits per heavy atom. The average Bonchev–Trinajstić information content (AvgIpc) is 2.10. The minimum atomic E-state index is -0.619. The van der Waals surface area contributed by atoms with E-state index in [9.17, 15) is 10.2 Å². The second-order valence-corrected chi connectivity index (χ2v) is 3.57. The van der Waals surface area contributed by atoms with Crippen LogP contribution in [0.25, 0.3) is 0 Å². The number of aliphatic hydroxyl groups excluding tert-OH is 1. The van der Waals surface area contributed by atoms with Crippen molar-refractivity contribution < 1.29 is 10.2 Å². The highest BCUT2D eigenvalue weighted by molar-refractivity contribution is 9.10. The second kappa shape index (κ2) is 4.60. The van der Waals surface area contributed by atoms with E-state index in [1.54, 1.807) is 18.2 Å². The van der Waals surface area contributed by atoms with Gasteiger partial charge in [-0.25, -0.2) is 0 Å². The van der Waals surface area contributed by atoms with Crippen molar-refractivity contribution in [2.75, 3.05) is 6.54 Å². The zero-order valence-electron chi connectivity index (χ0n) is 7.07. The summed E-state index contributed by atoms with van der Waals surface area (Å²) >= 11 is 3.20. The van der Waals surface area contributed by atoms with Gasteiger partial charge in [0.25, 0.3) is 0 Å². The van der Waals surface area contributed by atoms with Crippen LogP contribution < -0.4 is 5.73 Å². The van der Waals surface area contributed by atoms with Gasteiger partial charge in [-0.2, -0.15) is 0 Å². The van der Waals surface area contributed by atoms with E-state index in [0.29, 0.717) is 23.0 Å². The van der Waals surface area contributed by atoms with Gasteiger partial charge >= 0.3 is 0 Å². The molecule has 0 radical (unpaired) electrons. The van der Waals surface area contributed by atoms with E-state index < -0.39 is 6.10 Å². The van der Waals surface area contributed by atoms with Crippen LogP contribution in [-0.2, 0) is 0 Å². The Hall–Kier alpha value is -0.580. The topological polar surface area (TPSA) is 66.5 Å². The second-order valence-electron chi connectivity index (χ2n) is 2.77. The Balaban J connectivity index is 2.93. The molecular formula is C9H12BrNO2. The predicted octanol–water partition coefficient (Wildman–Crippen LogP) is 1.54. The highest BCUT2D eigenvalue weighted by atomic mass is 79.9. The van der Waals surface area contributed by atoms with Gasteiger partial charge in [0.1, 0.15) is 5.75 Å². The molecule has 0 saturated carbocycles. The van der Waals surface area contributed by atoms with Crippen molar-refractivity contribution in [1.29, 1.82) is 0 Å². The van der Waals surface area contributed by atoms with Gasteiger partial charge in [-0.15, -0.1) is 0 Å². The van der Waals surface area contributed by atoms with Crippen LogP contribution in [0.4, 0.5) is 0 Å². The molecule has 72 valence electrons. The van der Waals surface area contributed by atoms with Gasteiger partial charge in [0.05, 0.1) is 10.6 Å². The van der Waals surface area contributed by atoms with Crippen molar-refractivity contribution in [1.82, 2.24) is 0 Å². The molecule has 0 amide bonds. The third-order valence-electron chi connectivity index (χ3n) is 1.81. The number of aliphatic hydroxyl groups is 1. The summed E-state index contributed by atoms with van der Waals surface area (Å²) in [7, 11) is 0. The molecule has 0 spiro atoms. The molecule has 4 heteroatoms. The van der Waals surface area contributed by atoms with Crippen LogP contribution in [0.15, 0.2) is 22.7 Å². The first-order chi connectivity index (χ1) is 6.16. The number of aromatic hydroxyl groups is 1. The smallest absolute Gasteiger partial charge is 0.130 e. The Kier molecular flexibility index (Phi) is 3.71. The third kappa shape index (κ3) is 2.43. The number of rotatable bonds is 3. The molecule has 0 unspecified atom stereocenters. The lowest BCUT2D eigenvalue weighted by Gasteiger charge is -2.12. The minimum Gasteiger partial charge on any atom is -0.507 e. The van der Waals surface area contributed by atoms with Crippen LogP contribution in [-0.4, -0.2) is 16.8 Å². The van der Waals surface area contributed by atoms with Gasteiger partial charge in [-0.05, 0) is 40.5 Å². The molecule has 0 bridgehead atoms. The summed E-state index contributed by atoms with van der Waals surface area (Å²) in [4.78, 5) is 0. The molecule has 0 aliphatic carbocycles. The predicted molar refractivity (Wildman–Crippen MR) is 54.4 cm³/mol. The molecule has 4 N–H and O–H groups in total. The molecule has 1 atom stereocenters. The fourth-order valence-electron chi connectivity index (χ4n) is 1.11. The summed E-state index contributed by atoms with van der Waals surface area (Å²) in [5.74, 6) is 0.133. The minimum absolute atomic E-state index is 0.133. The summed E-state index contributed by atoms with van der Waals surface area (Å²) in [6.45, 7) is 0.420. The van der Waals surface area contributed by atoms with Crippen molar-refractivity contribution in [3.8, 4) is 5.75 Å². The van der Waals surface area contributed by atoms with Gasteiger partial charge in [-0.1, -0.05) is 12.1 Å². The van der Waals surface area contributed by atoms with Crippen LogP contribution in [0.2, 0.25) is 0 Å². The van der Waals surface area contributed by atoms with Crippen molar-refractivity contribution in [3.05, 3.63) is 28.2 Å². The normalized spacial score (nSPS) is 12.8. The molecule has 0 fully saturated rings. The molecule has 0 aliphatic rings. The van der Waals surface area contributed by atoms with Crippen molar-refractivity contribution in [2.24, 2.45) is 5.73 Å². The molecule has 13 heavy (non-hydrogen) atoms. The summed E-state index contributed by atoms with van der Waals surface area (Å²) in [5.41, 5.74) is 5.99. The van der Waals surface area contributed by atoms with Gasteiger partial charge in [0.2, 0.25) is 0 Å². The summed E-state index contributed by atoms with van der Waals surface area (Å²) in [6, 6.07) is 5.00. The number of benzene rings is 1. The summed E-state index contributed by atoms with van der Waals surface area (Å²) in [6.07, 6.45) is -0.131. The van der Waals surface area contributed by atoms with Gasteiger partial charge < -0.3 is 15.9 Å². The first-order valence-electron chi connectivity index (χ1n) is 4.02. The van der Waals surface area contributed by atoms with Gasteiger partial charge in [0.15, 0.2) is 0 Å². The van der Waals surface area contributed by atoms with Crippen LogP contribution in [0.1, 0.15) is 18.1 Å². The molecule has 1 rings (SSSR count). The molecule has 3 nitrogen and oxygen atoms in total. The first-order valence-corrected chi connectivity index (χ1v) is 4.81. The largest absolute Gasteiger partial charge is 0.507 e. The highest BCUT2D eigenvalue weighted by Gasteiger charge is 2.12. The van der Waals surface area contributed by atoms with Crippen LogP contribution in [0, 0.1) is 0 Å². The lowest BCUT2D eigenvalue weighted by atomic mass is 10.1. The van der Waals surface area contributed by atoms with Gasteiger partial charge in [-0.3, -0.25) is 0 Å². The summed E-state index contributed by atoms with van der Waals surface area (Å²) in [5, 5.41) is 18.9. The first kappa shape index (κ1) is 10.5. The highest BCUT2D eigenvalue weighted by Crippen LogP contribution is 2.32. The fraction of sp³-hybridized carbons (Fsp3) is 0.333. The third-order valence-corrected chi connectivity index (χ3v) is 2.67. The Morgan fingerprint density at radius 1 is 1.46 bits per heavy atom. The van der Waals surface area contributed by atoms with E-state index in [2.05, 4.69) is 15.9 Å². The Labute approximate surface area is 85.3 Å². The molecule has 0 saturated heterocycles. The molecular weight excluding hydrogens is 234 g/mol. The Morgan fingerprint density at radius 3 is 2.77 bits per heavy atom. The lowest BCUT2D eigenvalue weighted by Crippen LogP contribution is -2.07. The van der Waals surface area contributed by atoms with Crippen LogP contribution >= 0.6 is 15.9 Å². The zero-order valence-corrected chi connectivity index (χ0v) is 8.66. The molecule has 0 aliphatic heterocycles. The average molecular weight is 246 g/mol. The standard InChI is InChI=1S/C9H12BrNO2/c10-9-6(7(12)4-5-11)2-1-3-8(9)13/h1-3,7,12-13H,4-5,11H2/t7-/m1/s1. The summed E-state index contributed by atoms with van der Waals surface area (Å²) < 4.78 is 0.538. The number of halogens is 1. The van der Waals surface area contributed by atoms with Crippen molar-refractivity contribution >= 4 is 15.9 Å². The van der Waals surface area contributed by atoms with Crippen LogP contribution in [0.3, 0.4) is 0 Å². The maximum atomic E-state index is 9.60. The number of hydrogen-bond acceptors (Lipinski definition) is 3.